The lowest BCUT2D eigenvalue weighted by Crippen LogP contribution is -1.93. The monoisotopic (exact) mass is 162 g/mol. The molecule has 0 saturated heterocycles. The van der Waals surface area contributed by atoms with Gasteiger partial charge in [-0.1, -0.05) is 0 Å². The zero-order valence-electron chi connectivity index (χ0n) is 6.67. The summed E-state index contributed by atoms with van der Waals surface area (Å²) in [6, 6.07) is 0. The van der Waals surface area contributed by atoms with Gasteiger partial charge in [0.1, 0.15) is 0 Å². The van der Waals surface area contributed by atoms with Gasteiger partial charge in [0.25, 0.3) is 0 Å². The van der Waals surface area contributed by atoms with Crippen LogP contribution in [-0.2, 0) is 9.05 Å². The van der Waals surface area contributed by atoms with Crippen molar-refractivity contribution in [3.8, 4) is 0 Å². The predicted molar refractivity (Wildman–Crippen MR) is 43.2 cm³/mol. The molecule has 1 aliphatic rings. The normalized spacial score (nSPS) is 18.3. The third kappa shape index (κ3) is 2.53. The molecule has 3 heteroatoms. The van der Waals surface area contributed by atoms with Crippen LogP contribution in [-0.4, -0.2) is 18.9 Å². The molecule has 60 valence electrons. The minimum absolute atomic E-state index is 0.509. The van der Waals surface area contributed by atoms with Crippen LogP contribution in [0.5, 0.6) is 0 Å². The Labute approximate surface area is 63.8 Å². The number of hydrogen-bond donors (Lipinski definition) is 0. The van der Waals surface area contributed by atoms with Crippen molar-refractivity contribution in [1.29, 1.82) is 0 Å². The summed E-state index contributed by atoms with van der Waals surface area (Å²) in [5, 5.41) is 0. The minimum Gasteiger partial charge on any atom is -0.334 e. The van der Waals surface area contributed by atoms with Gasteiger partial charge in [-0.05, 0) is 26.7 Å². The van der Waals surface area contributed by atoms with E-state index >= 15 is 0 Å². The fourth-order valence-corrected chi connectivity index (χ4v) is 2.36. The Morgan fingerprint density at radius 1 is 1.20 bits per heavy atom. The number of hydrogen-bond acceptors (Lipinski definition) is 2. The highest BCUT2D eigenvalue weighted by Gasteiger charge is 2.33. The molecule has 10 heavy (non-hydrogen) atoms. The molecule has 0 aromatic rings. The van der Waals surface area contributed by atoms with Crippen LogP contribution < -0.4 is 0 Å². The molecule has 1 fully saturated rings. The maximum Gasteiger partial charge on any atom is 0.173 e. The van der Waals surface area contributed by atoms with Gasteiger partial charge in [0.2, 0.25) is 0 Å². The first-order valence-electron chi connectivity index (χ1n) is 3.93. The molecule has 1 saturated carbocycles. The van der Waals surface area contributed by atoms with E-state index in [1.807, 2.05) is 13.8 Å². The zero-order valence-corrected chi connectivity index (χ0v) is 7.56. The summed E-state index contributed by atoms with van der Waals surface area (Å²) in [5.41, 5.74) is 0.759. The average molecular weight is 162 g/mol. The van der Waals surface area contributed by atoms with Gasteiger partial charge < -0.3 is 9.05 Å². The van der Waals surface area contributed by atoms with Crippen LogP contribution in [0.4, 0.5) is 0 Å². The average Bonchev–Trinajstić information content (AvgIpc) is 2.69. The summed E-state index contributed by atoms with van der Waals surface area (Å²) in [4.78, 5) is 0. The fourth-order valence-electron chi connectivity index (χ4n) is 0.788. The van der Waals surface area contributed by atoms with E-state index in [2.05, 4.69) is 0 Å². The van der Waals surface area contributed by atoms with Crippen molar-refractivity contribution in [2.45, 2.75) is 32.3 Å². The van der Waals surface area contributed by atoms with Gasteiger partial charge in [0.15, 0.2) is 8.38 Å². The van der Waals surface area contributed by atoms with E-state index in [4.69, 9.17) is 9.05 Å². The first-order chi connectivity index (χ1) is 4.88. The third-order valence-corrected chi connectivity index (χ3v) is 3.50. The zero-order chi connectivity index (χ0) is 7.40. The Hall–Kier alpha value is 0.350. The quantitative estimate of drug-likeness (QED) is 0.578. The summed E-state index contributed by atoms with van der Waals surface area (Å²) >= 11 is 0. The lowest BCUT2D eigenvalue weighted by atomic mass is 10.9. The van der Waals surface area contributed by atoms with Crippen LogP contribution in [0.1, 0.15) is 26.7 Å². The SMILES string of the molecule is CCOP(OCC)C1CC1. The summed E-state index contributed by atoms with van der Waals surface area (Å²) in [7, 11) is -0.509. The molecule has 0 aromatic carbocycles. The van der Waals surface area contributed by atoms with E-state index in [-0.39, 0.29) is 0 Å². The molecule has 0 aromatic heterocycles. The van der Waals surface area contributed by atoms with Crippen LogP contribution in [0.3, 0.4) is 0 Å². The number of rotatable bonds is 5. The molecular weight excluding hydrogens is 147 g/mol. The molecule has 0 spiro atoms. The van der Waals surface area contributed by atoms with Crippen LogP contribution in [0.25, 0.3) is 0 Å². The van der Waals surface area contributed by atoms with Crippen LogP contribution in [0, 0.1) is 0 Å². The van der Waals surface area contributed by atoms with Crippen molar-refractivity contribution in [2.75, 3.05) is 13.2 Å². The second-order valence-electron chi connectivity index (χ2n) is 2.35. The molecular formula is C7H15O2P. The third-order valence-electron chi connectivity index (χ3n) is 1.36. The van der Waals surface area contributed by atoms with Crippen molar-refractivity contribution in [1.82, 2.24) is 0 Å². The maximum absolute atomic E-state index is 5.45. The molecule has 2 nitrogen and oxygen atoms in total. The minimum atomic E-state index is -0.509. The van der Waals surface area contributed by atoms with E-state index < -0.39 is 8.38 Å². The van der Waals surface area contributed by atoms with Crippen molar-refractivity contribution < 1.29 is 9.05 Å². The molecule has 0 radical (unpaired) electrons. The van der Waals surface area contributed by atoms with Gasteiger partial charge in [0.05, 0.1) is 13.2 Å². The molecule has 0 atom stereocenters. The van der Waals surface area contributed by atoms with Gasteiger partial charge in [-0.2, -0.15) is 0 Å². The van der Waals surface area contributed by atoms with Crippen LogP contribution in [0.2, 0.25) is 0 Å². The van der Waals surface area contributed by atoms with Crippen molar-refractivity contribution in [3.05, 3.63) is 0 Å². The standard InChI is InChI=1S/C7H15O2P/c1-3-8-10(9-4-2)7-5-6-7/h7H,3-6H2,1-2H3. The van der Waals surface area contributed by atoms with Crippen molar-refractivity contribution in [2.24, 2.45) is 0 Å². The Kier molecular flexibility index (Phi) is 3.61. The van der Waals surface area contributed by atoms with Crippen LogP contribution >= 0.6 is 8.38 Å². The highest BCUT2D eigenvalue weighted by molar-refractivity contribution is 7.48. The summed E-state index contributed by atoms with van der Waals surface area (Å²) in [6.45, 7) is 5.64. The Balaban J connectivity index is 2.13. The molecule has 0 unspecified atom stereocenters. The molecule has 0 aliphatic heterocycles. The molecule has 1 aliphatic carbocycles. The lowest BCUT2D eigenvalue weighted by molar-refractivity contribution is 0.268. The molecule has 0 bridgehead atoms. The van der Waals surface area contributed by atoms with Crippen molar-refractivity contribution in [3.63, 3.8) is 0 Å². The molecule has 0 amide bonds. The lowest BCUT2D eigenvalue weighted by Gasteiger charge is -2.13. The maximum atomic E-state index is 5.45. The second kappa shape index (κ2) is 4.27. The first-order valence-corrected chi connectivity index (χ1v) is 5.18. The molecule has 1 rings (SSSR count). The van der Waals surface area contributed by atoms with Gasteiger partial charge in [-0.25, -0.2) is 0 Å². The highest BCUT2D eigenvalue weighted by atomic mass is 31.2. The van der Waals surface area contributed by atoms with E-state index in [1.165, 1.54) is 12.8 Å². The van der Waals surface area contributed by atoms with Gasteiger partial charge in [0, 0.05) is 5.66 Å². The molecule has 0 N–H and O–H groups in total. The van der Waals surface area contributed by atoms with Crippen molar-refractivity contribution >= 4 is 8.38 Å². The van der Waals surface area contributed by atoms with E-state index in [9.17, 15) is 0 Å². The first kappa shape index (κ1) is 8.45. The topological polar surface area (TPSA) is 18.5 Å². The van der Waals surface area contributed by atoms with E-state index in [0.29, 0.717) is 0 Å². The summed E-state index contributed by atoms with van der Waals surface area (Å²) < 4.78 is 10.9. The second-order valence-corrected chi connectivity index (χ2v) is 4.17. The highest BCUT2D eigenvalue weighted by Crippen LogP contribution is 2.54. The predicted octanol–water partition coefficient (Wildman–Crippen LogP) is 2.53. The Morgan fingerprint density at radius 3 is 2.00 bits per heavy atom. The van der Waals surface area contributed by atoms with E-state index in [0.717, 1.165) is 18.9 Å². The van der Waals surface area contributed by atoms with Gasteiger partial charge in [-0.3, -0.25) is 0 Å². The Morgan fingerprint density at radius 2 is 1.70 bits per heavy atom. The fraction of sp³-hybridized carbons (Fsp3) is 1.00. The summed E-state index contributed by atoms with van der Waals surface area (Å²) in [5.74, 6) is 0. The van der Waals surface area contributed by atoms with Crippen LogP contribution in [0.15, 0.2) is 0 Å². The molecule has 0 heterocycles. The van der Waals surface area contributed by atoms with Gasteiger partial charge in [-0.15, -0.1) is 0 Å². The largest absolute Gasteiger partial charge is 0.334 e. The Bertz CT molecular complexity index is 87.6. The van der Waals surface area contributed by atoms with Gasteiger partial charge >= 0.3 is 0 Å². The smallest absolute Gasteiger partial charge is 0.173 e. The van der Waals surface area contributed by atoms with E-state index in [1.54, 1.807) is 0 Å². The summed E-state index contributed by atoms with van der Waals surface area (Å²) in [6.07, 6.45) is 2.62.